The van der Waals surface area contributed by atoms with Crippen molar-refractivity contribution in [1.82, 2.24) is 14.9 Å². The summed E-state index contributed by atoms with van der Waals surface area (Å²) in [6.45, 7) is 0.872. The number of hydrogen-bond acceptors (Lipinski definition) is 5. The Bertz CT molecular complexity index is 1040. The lowest BCUT2D eigenvalue weighted by Gasteiger charge is -2.10. The molecule has 3 aromatic rings. The van der Waals surface area contributed by atoms with E-state index in [0.29, 0.717) is 24.6 Å². The van der Waals surface area contributed by atoms with Crippen molar-refractivity contribution < 1.29 is 19.1 Å². The Hall–Kier alpha value is -3.39. The minimum absolute atomic E-state index is 0.0786. The van der Waals surface area contributed by atoms with Crippen molar-refractivity contribution in [3.63, 3.8) is 0 Å². The highest BCUT2D eigenvalue weighted by Crippen LogP contribution is 2.20. The summed E-state index contributed by atoms with van der Waals surface area (Å²) in [6, 6.07) is 14.7. The summed E-state index contributed by atoms with van der Waals surface area (Å²) < 4.78 is 12.8. The van der Waals surface area contributed by atoms with Gasteiger partial charge in [-0.1, -0.05) is 18.2 Å². The van der Waals surface area contributed by atoms with E-state index in [1.807, 2.05) is 41.9 Å². The number of imidazole rings is 1. The molecule has 2 amide bonds. The van der Waals surface area contributed by atoms with E-state index < -0.39 is 0 Å². The van der Waals surface area contributed by atoms with Crippen LogP contribution in [0.2, 0.25) is 0 Å². The predicted octanol–water partition coefficient (Wildman–Crippen LogP) is 2.39. The maximum absolute atomic E-state index is 12.2. The second-order valence-corrected chi connectivity index (χ2v) is 7.16. The lowest BCUT2D eigenvalue weighted by atomic mass is 10.2. The number of anilines is 1. The number of nitrogens with zero attached hydrogens (tertiary/aromatic N) is 2. The standard InChI is InChI=1S/C22H24N4O4/c1-26-18-10-9-15(24-21(27)14-30-16-6-3-2-4-7-16)12-17(18)25-20(26)13-23-22(28)19-8-5-11-29-19/h2-4,6-7,9-10,12,19H,5,8,11,13-14H2,1H3,(H,23,28)(H,24,27). The average Bonchev–Trinajstić information content (AvgIpc) is 3.40. The summed E-state index contributed by atoms with van der Waals surface area (Å²) in [4.78, 5) is 28.9. The molecule has 0 radical (unpaired) electrons. The second-order valence-electron chi connectivity index (χ2n) is 7.16. The Balaban J connectivity index is 1.37. The van der Waals surface area contributed by atoms with Crippen LogP contribution in [-0.4, -0.2) is 40.7 Å². The molecule has 156 valence electrons. The van der Waals surface area contributed by atoms with Crippen LogP contribution < -0.4 is 15.4 Å². The number of benzene rings is 2. The molecule has 1 aromatic heterocycles. The van der Waals surface area contributed by atoms with Crippen molar-refractivity contribution in [1.29, 1.82) is 0 Å². The number of fused-ring (bicyclic) bond motifs is 1. The van der Waals surface area contributed by atoms with Gasteiger partial charge < -0.3 is 24.7 Å². The number of aryl methyl sites for hydroxylation is 1. The molecule has 1 unspecified atom stereocenters. The molecule has 1 fully saturated rings. The van der Waals surface area contributed by atoms with Crippen LogP contribution in [0.5, 0.6) is 5.75 Å². The number of carbonyl (C=O) groups excluding carboxylic acids is 2. The lowest BCUT2D eigenvalue weighted by molar-refractivity contribution is -0.130. The van der Waals surface area contributed by atoms with E-state index in [-0.39, 0.29) is 24.5 Å². The number of amides is 2. The van der Waals surface area contributed by atoms with Gasteiger partial charge in [0.1, 0.15) is 17.7 Å². The zero-order valence-electron chi connectivity index (χ0n) is 16.8. The van der Waals surface area contributed by atoms with Crippen molar-refractivity contribution in [2.24, 2.45) is 7.05 Å². The van der Waals surface area contributed by atoms with Gasteiger partial charge in [0.2, 0.25) is 5.91 Å². The zero-order chi connectivity index (χ0) is 20.9. The van der Waals surface area contributed by atoms with Crippen LogP contribution in [0.3, 0.4) is 0 Å². The average molecular weight is 408 g/mol. The molecular formula is C22H24N4O4. The van der Waals surface area contributed by atoms with Crippen molar-refractivity contribution in [2.45, 2.75) is 25.5 Å². The van der Waals surface area contributed by atoms with E-state index in [2.05, 4.69) is 15.6 Å². The minimum atomic E-state index is -0.361. The van der Waals surface area contributed by atoms with E-state index in [9.17, 15) is 9.59 Å². The SMILES string of the molecule is Cn1c(CNC(=O)C2CCCO2)nc2cc(NC(=O)COc3ccccc3)ccc21. The molecule has 0 spiro atoms. The molecule has 0 saturated carbocycles. The smallest absolute Gasteiger partial charge is 0.262 e. The first-order chi connectivity index (χ1) is 14.6. The normalized spacial score (nSPS) is 15.8. The quantitative estimate of drug-likeness (QED) is 0.626. The molecule has 1 saturated heterocycles. The Morgan fingerprint density at radius 3 is 2.83 bits per heavy atom. The summed E-state index contributed by atoms with van der Waals surface area (Å²) in [5.41, 5.74) is 2.28. The fraction of sp³-hybridized carbons (Fsp3) is 0.318. The minimum Gasteiger partial charge on any atom is -0.484 e. The Morgan fingerprint density at radius 1 is 1.23 bits per heavy atom. The number of nitrogens with one attached hydrogen (secondary N) is 2. The number of carbonyl (C=O) groups is 2. The zero-order valence-corrected chi connectivity index (χ0v) is 16.8. The molecule has 0 aliphatic carbocycles. The number of ether oxygens (including phenoxy) is 2. The number of hydrogen-bond donors (Lipinski definition) is 2. The number of para-hydroxylation sites is 1. The van der Waals surface area contributed by atoms with Crippen LogP contribution in [0.1, 0.15) is 18.7 Å². The van der Waals surface area contributed by atoms with Crippen LogP contribution in [0.4, 0.5) is 5.69 Å². The first-order valence-corrected chi connectivity index (χ1v) is 9.92. The van der Waals surface area contributed by atoms with Crippen LogP contribution in [-0.2, 0) is 27.9 Å². The highest BCUT2D eigenvalue weighted by atomic mass is 16.5. The van der Waals surface area contributed by atoms with Gasteiger partial charge in [0, 0.05) is 19.3 Å². The fourth-order valence-corrected chi connectivity index (χ4v) is 3.41. The largest absolute Gasteiger partial charge is 0.484 e. The highest BCUT2D eigenvalue weighted by Gasteiger charge is 2.23. The van der Waals surface area contributed by atoms with Crippen LogP contribution >= 0.6 is 0 Å². The molecule has 1 aliphatic heterocycles. The molecule has 2 aromatic carbocycles. The summed E-state index contributed by atoms with van der Waals surface area (Å²) in [5, 5.41) is 5.71. The van der Waals surface area contributed by atoms with Gasteiger partial charge in [-0.05, 0) is 43.2 Å². The molecule has 8 nitrogen and oxygen atoms in total. The van der Waals surface area contributed by atoms with Crippen LogP contribution in [0, 0.1) is 0 Å². The van der Waals surface area contributed by atoms with Gasteiger partial charge in [-0.3, -0.25) is 9.59 Å². The summed E-state index contributed by atoms with van der Waals surface area (Å²) in [6.07, 6.45) is 1.31. The Labute approximate surface area is 174 Å². The third-order valence-corrected chi connectivity index (χ3v) is 5.01. The summed E-state index contributed by atoms with van der Waals surface area (Å²) >= 11 is 0. The van der Waals surface area contributed by atoms with Crippen molar-refractivity contribution in [3.8, 4) is 5.75 Å². The van der Waals surface area contributed by atoms with Gasteiger partial charge in [0.25, 0.3) is 5.91 Å². The van der Waals surface area contributed by atoms with E-state index in [0.717, 1.165) is 29.7 Å². The molecule has 2 heterocycles. The first kappa shape index (κ1) is 19.9. The maximum atomic E-state index is 12.2. The predicted molar refractivity (Wildman–Crippen MR) is 112 cm³/mol. The highest BCUT2D eigenvalue weighted by molar-refractivity contribution is 5.94. The van der Waals surface area contributed by atoms with E-state index in [1.165, 1.54) is 0 Å². The van der Waals surface area contributed by atoms with Crippen molar-refractivity contribution in [2.75, 3.05) is 18.5 Å². The van der Waals surface area contributed by atoms with Gasteiger partial charge in [-0.2, -0.15) is 0 Å². The monoisotopic (exact) mass is 408 g/mol. The van der Waals surface area contributed by atoms with E-state index in [4.69, 9.17) is 9.47 Å². The molecule has 0 bridgehead atoms. The molecule has 2 N–H and O–H groups in total. The molecule has 8 heteroatoms. The number of rotatable bonds is 7. The van der Waals surface area contributed by atoms with Crippen molar-refractivity contribution >= 4 is 28.5 Å². The Kier molecular flexibility index (Phi) is 5.94. The third-order valence-electron chi connectivity index (χ3n) is 5.01. The van der Waals surface area contributed by atoms with Crippen LogP contribution in [0.25, 0.3) is 11.0 Å². The molecule has 30 heavy (non-hydrogen) atoms. The van der Waals surface area contributed by atoms with Gasteiger partial charge >= 0.3 is 0 Å². The Morgan fingerprint density at radius 2 is 2.07 bits per heavy atom. The summed E-state index contributed by atoms with van der Waals surface area (Å²) in [7, 11) is 1.90. The van der Waals surface area contributed by atoms with Gasteiger partial charge in [0.05, 0.1) is 17.6 Å². The van der Waals surface area contributed by atoms with Gasteiger partial charge in [-0.25, -0.2) is 4.98 Å². The van der Waals surface area contributed by atoms with Crippen LogP contribution in [0.15, 0.2) is 48.5 Å². The van der Waals surface area contributed by atoms with Gasteiger partial charge in [-0.15, -0.1) is 0 Å². The molecule has 1 aliphatic rings. The molecule has 1 atom stereocenters. The van der Waals surface area contributed by atoms with E-state index in [1.54, 1.807) is 18.2 Å². The topological polar surface area (TPSA) is 94.5 Å². The summed E-state index contributed by atoms with van der Waals surface area (Å²) in [5.74, 6) is 1.01. The fourth-order valence-electron chi connectivity index (χ4n) is 3.41. The van der Waals surface area contributed by atoms with Crippen molar-refractivity contribution in [3.05, 3.63) is 54.4 Å². The van der Waals surface area contributed by atoms with E-state index >= 15 is 0 Å². The molecule has 4 rings (SSSR count). The number of aromatic nitrogens is 2. The second kappa shape index (κ2) is 8.96. The maximum Gasteiger partial charge on any atom is 0.262 e. The molecular weight excluding hydrogens is 384 g/mol. The lowest BCUT2D eigenvalue weighted by Crippen LogP contribution is -2.34. The third kappa shape index (κ3) is 4.60. The first-order valence-electron chi connectivity index (χ1n) is 9.92. The van der Waals surface area contributed by atoms with Gasteiger partial charge in [0.15, 0.2) is 6.61 Å².